The molecule has 1 aliphatic heterocycles. The van der Waals surface area contributed by atoms with E-state index in [0.29, 0.717) is 29.5 Å². The molecule has 0 unspecified atom stereocenters. The van der Waals surface area contributed by atoms with Crippen molar-refractivity contribution in [3.63, 3.8) is 0 Å². The largest absolute Gasteiger partial charge is 0.366 e. The number of rotatable bonds is 3. The summed E-state index contributed by atoms with van der Waals surface area (Å²) in [6, 6.07) is 8.49. The number of nitrogens with two attached hydrogens (primary N) is 1. The molecular formula is C21H21FN2O3S. The molecule has 1 fully saturated rings. The van der Waals surface area contributed by atoms with Crippen LogP contribution in [-0.2, 0) is 9.84 Å². The first-order chi connectivity index (χ1) is 13.2. The summed E-state index contributed by atoms with van der Waals surface area (Å²) in [5.41, 5.74) is 9.70. The monoisotopic (exact) mass is 400 g/mol. The Morgan fingerprint density at radius 1 is 1.14 bits per heavy atom. The van der Waals surface area contributed by atoms with E-state index < -0.39 is 15.7 Å². The lowest BCUT2D eigenvalue weighted by molar-refractivity contribution is 0.100. The van der Waals surface area contributed by atoms with Crippen molar-refractivity contribution in [2.24, 2.45) is 5.73 Å². The number of H-pyrrole nitrogens is 1. The number of aromatic amines is 1. The zero-order valence-corrected chi connectivity index (χ0v) is 16.3. The maximum atomic E-state index is 13.7. The molecule has 5 nitrogen and oxygen atoms in total. The number of benzene rings is 2. The highest BCUT2D eigenvalue weighted by atomic mass is 32.2. The number of carbonyl (C=O) groups excluding carboxylic acids is 1. The van der Waals surface area contributed by atoms with Gasteiger partial charge in [0.25, 0.3) is 5.91 Å². The van der Waals surface area contributed by atoms with Crippen LogP contribution >= 0.6 is 0 Å². The Hall–Kier alpha value is -2.67. The molecule has 146 valence electrons. The van der Waals surface area contributed by atoms with Crippen LogP contribution in [0.15, 0.2) is 36.5 Å². The standard InChI is InChI=1S/C21H21FN2O3S/c1-12-8-14(2-3-19(12)22)15-9-16-18(13-4-6-28(26,27)7-5-13)11-24-20(16)17(10-15)21(23)25/h2-3,8-11,13,24H,4-7H2,1H3,(H2,23,25). The fourth-order valence-electron chi connectivity index (χ4n) is 3.98. The van der Waals surface area contributed by atoms with Crippen LogP contribution in [0.1, 0.15) is 40.2 Å². The number of amides is 1. The molecule has 0 spiro atoms. The third-order valence-electron chi connectivity index (χ3n) is 5.57. The number of nitrogens with one attached hydrogen (secondary N) is 1. The zero-order valence-electron chi connectivity index (χ0n) is 15.5. The average molecular weight is 400 g/mol. The van der Waals surface area contributed by atoms with E-state index in [9.17, 15) is 17.6 Å². The van der Waals surface area contributed by atoms with Gasteiger partial charge in [-0.2, -0.15) is 0 Å². The molecule has 0 radical (unpaired) electrons. The van der Waals surface area contributed by atoms with Crippen LogP contribution in [0.5, 0.6) is 0 Å². The molecule has 0 bridgehead atoms. The van der Waals surface area contributed by atoms with Crippen LogP contribution < -0.4 is 5.73 Å². The summed E-state index contributed by atoms with van der Waals surface area (Å²) in [7, 11) is -2.96. The summed E-state index contributed by atoms with van der Waals surface area (Å²) in [6.07, 6.45) is 2.96. The van der Waals surface area contributed by atoms with E-state index in [-0.39, 0.29) is 23.2 Å². The Morgan fingerprint density at radius 2 is 1.86 bits per heavy atom. The molecule has 3 aromatic rings. The fraction of sp³-hybridized carbons (Fsp3) is 0.286. The van der Waals surface area contributed by atoms with Gasteiger partial charge in [-0.25, -0.2) is 12.8 Å². The maximum absolute atomic E-state index is 13.7. The van der Waals surface area contributed by atoms with E-state index in [2.05, 4.69) is 4.98 Å². The molecular weight excluding hydrogens is 379 g/mol. The molecule has 1 saturated heterocycles. The van der Waals surface area contributed by atoms with E-state index in [1.165, 1.54) is 6.07 Å². The minimum atomic E-state index is -2.96. The van der Waals surface area contributed by atoms with Gasteiger partial charge in [0.1, 0.15) is 15.7 Å². The first-order valence-corrected chi connectivity index (χ1v) is 11.0. The third kappa shape index (κ3) is 3.30. The van der Waals surface area contributed by atoms with Gasteiger partial charge in [0, 0.05) is 11.6 Å². The quantitative estimate of drug-likeness (QED) is 0.702. The third-order valence-corrected chi connectivity index (χ3v) is 7.29. The van der Waals surface area contributed by atoms with Crippen LogP contribution in [0.25, 0.3) is 22.0 Å². The van der Waals surface area contributed by atoms with Crippen molar-refractivity contribution >= 4 is 26.6 Å². The van der Waals surface area contributed by atoms with Crippen molar-refractivity contribution in [1.82, 2.24) is 4.98 Å². The molecule has 1 amide bonds. The van der Waals surface area contributed by atoms with Crippen LogP contribution in [0.3, 0.4) is 0 Å². The molecule has 2 heterocycles. The van der Waals surface area contributed by atoms with E-state index in [0.717, 1.165) is 22.1 Å². The number of fused-ring (bicyclic) bond motifs is 1. The van der Waals surface area contributed by atoms with Gasteiger partial charge in [-0.15, -0.1) is 0 Å². The molecule has 3 N–H and O–H groups in total. The number of hydrogen-bond acceptors (Lipinski definition) is 3. The Bertz CT molecular complexity index is 1180. The number of aryl methyl sites for hydroxylation is 1. The predicted molar refractivity (Wildman–Crippen MR) is 108 cm³/mol. The molecule has 1 aromatic heterocycles. The molecule has 4 rings (SSSR count). The molecule has 0 aliphatic carbocycles. The summed E-state index contributed by atoms with van der Waals surface area (Å²) in [5, 5.41) is 0.859. The van der Waals surface area contributed by atoms with Crippen molar-refractivity contribution in [1.29, 1.82) is 0 Å². The van der Waals surface area contributed by atoms with E-state index in [1.807, 2.05) is 12.3 Å². The van der Waals surface area contributed by atoms with Gasteiger partial charge in [-0.05, 0) is 72.2 Å². The van der Waals surface area contributed by atoms with Gasteiger partial charge < -0.3 is 10.7 Å². The topological polar surface area (TPSA) is 93.0 Å². The summed E-state index contributed by atoms with van der Waals surface area (Å²) < 4.78 is 37.2. The average Bonchev–Trinajstić information content (AvgIpc) is 3.07. The van der Waals surface area contributed by atoms with Crippen molar-refractivity contribution < 1.29 is 17.6 Å². The zero-order chi connectivity index (χ0) is 20.1. The molecule has 28 heavy (non-hydrogen) atoms. The van der Waals surface area contributed by atoms with Crippen LogP contribution in [0, 0.1) is 12.7 Å². The molecule has 0 atom stereocenters. The lowest BCUT2D eigenvalue weighted by Crippen LogP contribution is -2.22. The minimum Gasteiger partial charge on any atom is -0.366 e. The van der Waals surface area contributed by atoms with Gasteiger partial charge >= 0.3 is 0 Å². The summed E-state index contributed by atoms with van der Waals surface area (Å²) in [5.74, 6) is -0.396. The van der Waals surface area contributed by atoms with Crippen molar-refractivity contribution in [2.75, 3.05) is 11.5 Å². The lowest BCUT2D eigenvalue weighted by Gasteiger charge is -2.21. The van der Waals surface area contributed by atoms with Gasteiger partial charge in [0.05, 0.1) is 22.6 Å². The summed E-state index contributed by atoms with van der Waals surface area (Å²) in [4.78, 5) is 15.2. The smallest absolute Gasteiger partial charge is 0.250 e. The van der Waals surface area contributed by atoms with E-state index in [4.69, 9.17) is 5.73 Å². The Kier molecular flexibility index (Phi) is 4.50. The van der Waals surface area contributed by atoms with Crippen LogP contribution in [0.2, 0.25) is 0 Å². The first-order valence-electron chi connectivity index (χ1n) is 9.17. The van der Waals surface area contributed by atoms with Gasteiger partial charge in [0.2, 0.25) is 0 Å². The number of hydrogen-bond donors (Lipinski definition) is 2. The second-order valence-corrected chi connectivity index (χ2v) is 9.75. The number of aromatic nitrogens is 1. The highest BCUT2D eigenvalue weighted by Crippen LogP contribution is 2.37. The van der Waals surface area contributed by atoms with E-state index >= 15 is 0 Å². The Labute approximate surface area is 162 Å². The van der Waals surface area contributed by atoms with Gasteiger partial charge in [-0.1, -0.05) is 6.07 Å². The van der Waals surface area contributed by atoms with Crippen molar-refractivity contribution in [3.05, 3.63) is 59.0 Å². The SMILES string of the molecule is Cc1cc(-c2cc(C(N)=O)c3[nH]cc(C4CCS(=O)(=O)CC4)c3c2)ccc1F. The number of halogens is 1. The normalized spacial score (nSPS) is 17.1. The highest BCUT2D eigenvalue weighted by Gasteiger charge is 2.27. The predicted octanol–water partition coefficient (Wildman–Crippen LogP) is 3.67. The van der Waals surface area contributed by atoms with Crippen molar-refractivity contribution in [2.45, 2.75) is 25.7 Å². The number of primary amides is 1. The molecule has 1 aliphatic rings. The van der Waals surface area contributed by atoms with Crippen LogP contribution in [-0.4, -0.2) is 30.8 Å². The second kappa shape index (κ2) is 6.74. The van der Waals surface area contributed by atoms with Gasteiger partial charge in [0.15, 0.2) is 0 Å². The summed E-state index contributed by atoms with van der Waals surface area (Å²) >= 11 is 0. The Balaban J connectivity index is 1.86. The minimum absolute atomic E-state index is 0.100. The number of carbonyl (C=O) groups is 1. The fourth-order valence-corrected chi connectivity index (χ4v) is 5.47. The maximum Gasteiger partial charge on any atom is 0.250 e. The van der Waals surface area contributed by atoms with Crippen LogP contribution in [0.4, 0.5) is 4.39 Å². The lowest BCUT2D eigenvalue weighted by atomic mass is 9.90. The van der Waals surface area contributed by atoms with Gasteiger partial charge in [-0.3, -0.25) is 4.79 Å². The Morgan fingerprint density at radius 3 is 2.50 bits per heavy atom. The van der Waals surface area contributed by atoms with E-state index in [1.54, 1.807) is 25.1 Å². The number of sulfone groups is 1. The highest BCUT2D eigenvalue weighted by molar-refractivity contribution is 7.91. The summed E-state index contributed by atoms with van der Waals surface area (Å²) in [6.45, 7) is 1.69. The first kappa shape index (κ1) is 18.7. The van der Waals surface area contributed by atoms with Crippen molar-refractivity contribution in [3.8, 4) is 11.1 Å². The molecule has 0 saturated carbocycles. The molecule has 2 aromatic carbocycles. The molecule has 7 heteroatoms. The second-order valence-electron chi connectivity index (χ2n) is 7.44.